The van der Waals surface area contributed by atoms with Gasteiger partial charge in [0, 0.05) is 0 Å². The minimum atomic E-state index is -1.98. The van der Waals surface area contributed by atoms with Crippen LogP contribution < -0.4 is 10.7 Å². The van der Waals surface area contributed by atoms with Crippen molar-refractivity contribution in [1.82, 2.24) is 0 Å². The molecule has 0 spiro atoms. The molecule has 0 fully saturated rings. The van der Waals surface area contributed by atoms with Crippen LogP contribution in [-0.4, -0.2) is 41.7 Å². The fraction of sp³-hybridized carbons (Fsp3) is 0.379. The normalized spacial score (nSPS) is 13.6. The Labute approximate surface area is 220 Å². The summed E-state index contributed by atoms with van der Waals surface area (Å²) in [4.78, 5) is 0. The quantitative estimate of drug-likeness (QED) is 0.207. The zero-order chi connectivity index (χ0) is 25.4. The van der Waals surface area contributed by atoms with E-state index in [1.807, 2.05) is 0 Å². The van der Waals surface area contributed by atoms with E-state index in [-0.39, 0.29) is 0 Å². The first-order valence-corrected chi connectivity index (χ1v) is 25.5. The summed E-state index contributed by atoms with van der Waals surface area (Å²) >= 11 is -1.98. The summed E-state index contributed by atoms with van der Waals surface area (Å²) in [6, 6.07) is 32.9. The van der Waals surface area contributed by atoms with E-state index in [1.165, 1.54) is 10.7 Å². The Bertz CT molecular complexity index is 852. The van der Waals surface area contributed by atoms with Gasteiger partial charge >= 0.3 is 121 Å². The second-order valence-corrected chi connectivity index (χ2v) is 34.1. The number of benzene rings is 3. The maximum absolute atomic E-state index is 6.36. The van der Waals surface area contributed by atoms with E-state index in [0.29, 0.717) is 11.3 Å². The Kier molecular flexibility index (Phi) is 11.3. The summed E-state index contributed by atoms with van der Waals surface area (Å²) in [5, 5.41) is 0. The van der Waals surface area contributed by atoms with Gasteiger partial charge in [0.2, 0.25) is 0 Å². The first kappa shape index (κ1) is 29.5. The summed E-state index contributed by atoms with van der Waals surface area (Å²) < 4.78 is 11.0. The van der Waals surface area contributed by atoms with E-state index in [2.05, 4.69) is 151 Å². The van der Waals surface area contributed by atoms with E-state index in [1.54, 1.807) is 0 Å². The predicted molar refractivity (Wildman–Crippen MR) is 163 cm³/mol. The average molecular weight is 615 g/mol. The van der Waals surface area contributed by atoms with Crippen LogP contribution in [0, 0.1) is 5.41 Å². The Morgan fingerprint density at radius 1 is 0.618 bits per heavy atom. The summed E-state index contributed by atoms with van der Waals surface area (Å²) in [5.41, 5.74) is 0.291. The van der Waals surface area contributed by atoms with Gasteiger partial charge in [-0.15, -0.1) is 8.13 Å². The third-order valence-corrected chi connectivity index (χ3v) is 19.5. The molecule has 34 heavy (non-hydrogen) atoms. The third-order valence-electron chi connectivity index (χ3n) is 5.01. The van der Waals surface area contributed by atoms with Crippen molar-refractivity contribution >= 4 is 54.7 Å². The molecule has 3 aromatic rings. The molecular formula is C29H44OPSi2Sn. The molecule has 0 aliphatic heterocycles. The molecule has 5 heteroatoms. The van der Waals surface area contributed by atoms with Gasteiger partial charge in [-0.25, -0.2) is 0 Å². The molecule has 3 aromatic carbocycles. The molecule has 0 heterocycles. The van der Waals surface area contributed by atoms with Crippen molar-refractivity contribution in [2.45, 2.75) is 65.9 Å². The second-order valence-electron chi connectivity index (χ2n) is 11.8. The van der Waals surface area contributed by atoms with E-state index in [9.17, 15) is 0 Å². The summed E-state index contributed by atoms with van der Waals surface area (Å²) in [6.45, 7) is 21.1. The van der Waals surface area contributed by atoms with Crippen LogP contribution in [0.4, 0.5) is 0 Å². The van der Waals surface area contributed by atoms with Gasteiger partial charge in [-0.2, -0.15) is 0 Å². The van der Waals surface area contributed by atoms with Crippen LogP contribution in [0.2, 0.25) is 39.3 Å². The van der Waals surface area contributed by atoms with Gasteiger partial charge in [-0.3, -0.25) is 0 Å². The van der Waals surface area contributed by atoms with Gasteiger partial charge in [0.15, 0.2) is 8.32 Å². The average Bonchev–Trinajstić information content (AvgIpc) is 2.74. The first-order valence-electron chi connectivity index (χ1n) is 12.2. The molecule has 1 radical (unpaired) electrons. The van der Waals surface area contributed by atoms with Crippen LogP contribution in [0.25, 0.3) is 0 Å². The molecule has 0 N–H and O–H groups in total. The molecule has 0 amide bonds. The van der Waals surface area contributed by atoms with Gasteiger partial charge in [0.1, 0.15) is 0 Å². The fourth-order valence-corrected chi connectivity index (χ4v) is 18.6. The predicted octanol–water partition coefficient (Wildman–Crippen LogP) is 6.93. The number of rotatable bonds is 7. The van der Waals surface area contributed by atoms with Crippen molar-refractivity contribution in [3.8, 4) is 0 Å². The van der Waals surface area contributed by atoms with E-state index in [0.717, 1.165) is 8.13 Å². The maximum atomic E-state index is 6.36. The second kappa shape index (κ2) is 13.0. The zero-order valence-electron chi connectivity index (χ0n) is 22.6. The molecule has 0 aliphatic rings. The van der Waals surface area contributed by atoms with Gasteiger partial charge < -0.3 is 4.43 Å². The van der Waals surface area contributed by atoms with Gasteiger partial charge in [-0.05, 0) is 25.1 Å². The van der Waals surface area contributed by atoms with Crippen LogP contribution in [0.5, 0.6) is 0 Å². The molecular weight excluding hydrogens is 570 g/mol. The van der Waals surface area contributed by atoms with Crippen molar-refractivity contribution < 1.29 is 4.43 Å². The number of hydrogen-bond donors (Lipinski definition) is 0. The Morgan fingerprint density at radius 2 is 0.941 bits per heavy atom. The molecule has 0 bridgehead atoms. The third kappa shape index (κ3) is 10.9. The van der Waals surface area contributed by atoms with Crippen LogP contribution in [-0.2, 0) is 4.43 Å². The zero-order valence-corrected chi connectivity index (χ0v) is 28.5. The van der Waals surface area contributed by atoms with Crippen molar-refractivity contribution in [2.75, 3.05) is 0 Å². The summed E-state index contributed by atoms with van der Waals surface area (Å²) in [7, 11) is -1.40. The molecule has 2 unspecified atom stereocenters. The molecule has 1 nitrogen and oxygen atoms in total. The van der Waals surface area contributed by atoms with Gasteiger partial charge in [-0.1, -0.05) is 40.4 Å². The topological polar surface area (TPSA) is 9.23 Å². The van der Waals surface area contributed by atoms with Crippen LogP contribution in [0.1, 0.15) is 20.8 Å². The van der Waals surface area contributed by atoms with E-state index in [4.69, 9.17) is 4.43 Å². The molecule has 3 rings (SSSR count). The number of hydrogen-bond acceptors (Lipinski definition) is 1. The first-order chi connectivity index (χ1) is 15.8. The molecule has 183 valence electrons. The van der Waals surface area contributed by atoms with Gasteiger partial charge in [0.05, 0.1) is 13.6 Å². The van der Waals surface area contributed by atoms with Crippen LogP contribution in [0.3, 0.4) is 0 Å². The van der Waals surface area contributed by atoms with E-state index >= 15 is 0 Å². The molecule has 0 aliphatic carbocycles. The monoisotopic (exact) mass is 615 g/mol. The molecule has 0 saturated heterocycles. The fourth-order valence-electron chi connectivity index (χ4n) is 3.48. The Morgan fingerprint density at radius 3 is 1.18 bits per heavy atom. The minimum absolute atomic E-state index is 0.291. The SMILES string of the molecule is CC(C)(C)C(O[Si](C)(C)C)P[Si](C)(C)C.c1cc[c]([Sn]([c]2ccccc2)[c]2ccccc2)cc1. The van der Waals surface area contributed by atoms with Crippen molar-refractivity contribution in [3.05, 3.63) is 91.0 Å². The standard InChI is InChI=1S/C11H29OPSi2.3C6H5.Sn/c1-11(2,3)10(12-14(4,5)6)13-15(7,8)9;3*1-2-4-6-5-3-1;/h10,13H,1-9H3;3*1-5H;. The van der Waals surface area contributed by atoms with Gasteiger partial charge in [0.25, 0.3) is 0 Å². The van der Waals surface area contributed by atoms with Crippen LogP contribution in [0.15, 0.2) is 91.0 Å². The van der Waals surface area contributed by atoms with Crippen LogP contribution >= 0.6 is 8.13 Å². The van der Waals surface area contributed by atoms with Crippen molar-refractivity contribution in [1.29, 1.82) is 0 Å². The van der Waals surface area contributed by atoms with Crippen molar-refractivity contribution in [2.24, 2.45) is 5.41 Å². The molecule has 0 aromatic heterocycles. The summed E-state index contributed by atoms with van der Waals surface area (Å²) in [5.74, 6) is 0.468. The molecule has 0 saturated carbocycles. The van der Waals surface area contributed by atoms with Crippen molar-refractivity contribution in [3.63, 3.8) is 0 Å². The Hall–Kier alpha value is -0.718. The Balaban J connectivity index is 0.000000249. The van der Waals surface area contributed by atoms with E-state index < -0.39 is 35.8 Å². The molecule has 2 atom stereocenters. The summed E-state index contributed by atoms with van der Waals surface area (Å²) in [6.07, 6.45) is 0.